The summed E-state index contributed by atoms with van der Waals surface area (Å²) >= 11 is 0. The number of nitrogens with zero attached hydrogens (tertiary/aromatic N) is 3. The fourth-order valence-electron chi connectivity index (χ4n) is 4.83. The predicted octanol–water partition coefficient (Wildman–Crippen LogP) is 2.37. The molecule has 29 heavy (non-hydrogen) atoms. The van der Waals surface area contributed by atoms with Crippen molar-refractivity contribution >= 4 is 17.5 Å². The van der Waals surface area contributed by atoms with E-state index in [-0.39, 0.29) is 23.8 Å². The van der Waals surface area contributed by atoms with E-state index in [1.807, 2.05) is 9.80 Å². The van der Waals surface area contributed by atoms with E-state index < -0.39 is 0 Å². The van der Waals surface area contributed by atoms with Gasteiger partial charge in [-0.3, -0.25) is 9.59 Å². The van der Waals surface area contributed by atoms with Crippen LogP contribution in [0.15, 0.2) is 18.2 Å². The Labute approximate surface area is 173 Å². The van der Waals surface area contributed by atoms with Crippen molar-refractivity contribution in [2.75, 3.05) is 50.8 Å². The molecule has 2 amide bonds. The van der Waals surface area contributed by atoms with E-state index in [0.717, 1.165) is 51.9 Å². The van der Waals surface area contributed by atoms with Crippen molar-refractivity contribution in [1.29, 1.82) is 0 Å². The van der Waals surface area contributed by atoms with Crippen LogP contribution < -0.4 is 4.90 Å². The SMILES string of the molecule is Cc1cccc(N2CCN(C(=O)C3CCN(C(=O)C4CCCO4)CC3)CC2)c1C. The molecule has 1 atom stereocenters. The lowest BCUT2D eigenvalue weighted by atomic mass is 9.94. The highest BCUT2D eigenvalue weighted by atomic mass is 16.5. The van der Waals surface area contributed by atoms with Crippen LogP contribution in [-0.4, -0.2) is 73.6 Å². The first-order chi connectivity index (χ1) is 14.0. The standard InChI is InChI=1S/C23H33N3O3/c1-17-5-3-6-20(18(17)2)24-12-14-26(15-13-24)22(27)19-8-10-25(11-9-19)23(28)21-7-4-16-29-21/h3,5-6,19,21H,4,7-16H2,1-2H3. The monoisotopic (exact) mass is 399 g/mol. The third kappa shape index (κ3) is 4.27. The van der Waals surface area contributed by atoms with Crippen LogP contribution in [0.4, 0.5) is 5.69 Å². The van der Waals surface area contributed by atoms with Gasteiger partial charge in [-0.15, -0.1) is 0 Å². The maximum absolute atomic E-state index is 13.0. The Morgan fingerprint density at radius 3 is 2.24 bits per heavy atom. The summed E-state index contributed by atoms with van der Waals surface area (Å²) in [5.41, 5.74) is 3.93. The van der Waals surface area contributed by atoms with Gasteiger partial charge in [0, 0.05) is 57.5 Å². The van der Waals surface area contributed by atoms with Gasteiger partial charge in [-0.2, -0.15) is 0 Å². The van der Waals surface area contributed by atoms with E-state index in [0.29, 0.717) is 19.7 Å². The molecule has 6 nitrogen and oxygen atoms in total. The van der Waals surface area contributed by atoms with Crippen LogP contribution in [0.5, 0.6) is 0 Å². The maximum Gasteiger partial charge on any atom is 0.251 e. The van der Waals surface area contributed by atoms with Crippen molar-refractivity contribution in [2.45, 2.75) is 45.6 Å². The van der Waals surface area contributed by atoms with Gasteiger partial charge in [0.1, 0.15) is 6.10 Å². The average molecular weight is 400 g/mol. The lowest BCUT2D eigenvalue weighted by Crippen LogP contribution is -2.52. The zero-order valence-electron chi connectivity index (χ0n) is 17.7. The lowest BCUT2D eigenvalue weighted by Gasteiger charge is -2.40. The summed E-state index contributed by atoms with van der Waals surface area (Å²) in [5, 5.41) is 0. The van der Waals surface area contributed by atoms with Gasteiger partial charge < -0.3 is 19.4 Å². The van der Waals surface area contributed by atoms with E-state index in [2.05, 4.69) is 36.9 Å². The van der Waals surface area contributed by atoms with Crippen molar-refractivity contribution in [3.63, 3.8) is 0 Å². The van der Waals surface area contributed by atoms with E-state index in [1.165, 1.54) is 16.8 Å². The van der Waals surface area contributed by atoms with Crippen molar-refractivity contribution < 1.29 is 14.3 Å². The number of ether oxygens (including phenoxy) is 1. The van der Waals surface area contributed by atoms with Crippen LogP contribution >= 0.6 is 0 Å². The zero-order valence-corrected chi connectivity index (χ0v) is 17.7. The van der Waals surface area contributed by atoms with Gasteiger partial charge >= 0.3 is 0 Å². The van der Waals surface area contributed by atoms with Crippen molar-refractivity contribution in [3.8, 4) is 0 Å². The smallest absolute Gasteiger partial charge is 0.251 e. The molecule has 0 N–H and O–H groups in total. The highest BCUT2D eigenvalue weighted by Gasteiger charge is 2.34. The summed E-state index contributed by atoms with van der Waals surface area (Å²) < 4.78 is 5.53. The van der Waals surface area contributed by atoms with Gasteiger partial charge in [-0.1, -0.05) is 12.1 Å². The van der Waals surface area contributed by atoms with Crippen LogP contribution in [0.2, 0.25) is 0 Å². The number of carbonyl (C=O) groups is 2. The third-order valence-corrected chi connectivity index (χ3v) is 6.87. The van der Waals surface area contributed by atoms with Crippen molar-refractivity contribution in [1.82, 2.24) is 9.80 Å². The molecule has 1 aromatic carbocycles. The normalized spacial score (nSPS) is 23.5. The van der Waals surface area contributed by atoms with E-state index in [1.54, 1.807) is 0 Å². The molecule has 6 heteroatoms. The Morgan fingerprint density at radius 1 is 0.897 bits per heavy atom. The van der Waals surface area contributed by atoms with Crippen molar-refractivity contribution in [2.24, 2.45) is 5.92 Å². The summed E-state index contributed by atoms with van der Waals surface area (Å²) in [7, 11) is 0. The average Bonchev–Trinajstić information content (AvgIpc) is 3.30. The quantitative estimate of drug-likeness (QED) is 0.783. The Hall–Kier alpha value is -2.08. The van der Waals surface area contributed by atoms with Gasteiger partial charge in [0.15, 0.2) is 0 Å². The molecule has 0 spiro atoms. The molecular formula is C23H33N3O3. The molecule has 158 valence electrons. The largest absolute Gasteiger partial charge is 0.368 e. The van der Waals surface area contributed by atoms with Gasteiger partial charge in [-0.25, -0.2) is 0 Å². The number of amides is 2. The number of benzene rings is 1. The molecule has 0 bridgehead atoms. The molecule has 3 heterocycles. The summed E-state index contributed by atoms with van der Waals surface area (Å²) in [5.74, 6) is 0.446. The van der Waals surface area contributed by atoms with Gasteiger partial charge in [0.25, 0.3) is 5.91 Å². The lowest BCUT2D eigenvalue weighted by molar-refractivity contribution is -0.146. The summed E-state index contributed by atoms with van der Waals surface area (Å²) in [4.78, 5) is 31.9. The second-order valence-corrected chi connectivity index (χ2v) is 8.63. The number of hydrogen-bond donors (Lipinski definition) is 0. The first-order valence-corrected chi connectivity index (χ1v) is 11.0. The number of likely N-dealkylation sites (tertiary alicyclic amines) is 1. The number of carbonyl (C=O) groups excluding carboxylic acids is 2. The molecule has 0 saturated carbocycles. The summed E-state index contributed by atoms with van der Waals surface area (Å²) in [6, 6.07) is 6.44. The molecular weight excluding hydrogens is 366 g/mol. The molecule has 3 fully saturated rings. The Bertz CT molecular complexity index is 744. The van der Waals surface area contributed by atoms with Crippen LogP contribution in [0.3, 0.4) is 0 Å². The van der Waals surface area contributed by atoms with E-state index >= 15 is 0 Å². The minimum Gasteiger partial charge on any atom is -0.368 e. The molecule has 1 unspecified atom stereocenters. The molecule has 0 aromatic heterocycles. The molecule has 1 aromatic rings. The molecule has 3 aliphatic heterocycles. The third-order valence-electron chi connectivity index (χ3n) is 6.87. The number of anilines is 1. The fraction of sp³-hybridized carbons (Fsp3) is 0.652. The predicted molar refractivity (Wildman–Crippen MR) is 113 cm³/mol. The topological polar surface area (TPSA) is 53.1 Å². The second kappa shape index (κ2) is 8.74. The molecule has 4 rings (SSSR count). The fourth-order valence-corrected chi connectivity index (χ4v) is 4.83. The number of rotatable bonds is 3. The van der Waals surface area contributed by atoms with Gasteiger partial charge in [0.05, 0.1) is 0 Å². The van der Waals surface area contributed by atoms with Gasteiger partial charge in [-0.05, 0) is 56.7 Å². The Morgan fingerprint density at radius 2 is 1.59 bits per heavy atom. The van der Waals surface area contributed by atoms with E-state index in [4.69, 9.17) is 4.74 Å². The number of piperazine rings is 1. The maximum atomic E-state index is 13.0. The first-order valence-electron chi connectivity index (χ1n) is 11.0. The first kappa shape index (κ1) is 20.2. The van der Waals surface area contributed by atoms with Crippen LogP contribution in [-0.2, 0) is 14.3 Å². The Balaban J connectivity index is 1.27. The zero-order chi connectivity index (χ0) is 20.4. The Kier molecular flexibility index (Phi) is 6.09. The summed E-state index contributed by atoms with van der Waals surface area (Å²) in [6.07, 6.45) is 3.10. The summed E-state index contributed by atoms with van der Waals surface area (Å²) in [6.45, 7) is 9.69. The van der Waals surface area contributed by atoms with Crippen molar-refractivity contribution in [3.05, 3.63) is 29.3 Å². The van der Waals surface area contributed by atoms with Crippen LogP contribution in [0.1, 0.15) is 36.8 Å². The highest BCUT2D eigenvalue weighted by Crippen LogP contribution is 2.26. The number of piperidine rings is 1. The number of aryl methyl sites for hydroxylation is 1. The molecule has 3 aliphatic rings. The molecule has 3 saturated heterocycles. The minimum absolute atomic E-state index is 0.0517. The van der Waals surface area contributed by atoms with Crippen LogP contribution in [0.25, 0.3) is 0 Å². The van der Waals surface area contributed by atoms with Gasteiger partial charge in [0.2, 0.25) is 5.91 Å². The minimum atomic E-state index is -0.250. The van der Waals surface area contributed by atoms with Crippen LogP contribution in [0, 0.1) is 19.8 Å². The highest BCUT2D eigenvalue weighted by molar-refractivity contribution is 5.82. The molecule has 0 aliphatic carbocycles. The van der Waals surface area contributed by atoms with E-state index in [9.17, 15) is 9.59 Å². The molecule has 0 radical (unpaired) electrons. The number of hydrogen-bond acceptors (Lipinski definition) is 4. The second-order valence-electron chi connectivity index (χ2n) is 8.63.